The molecule has 0 aromatic heterocycles. The SMILES string of the molecule is CB(C)C1NCC2CC21. The molecule has 1 saturated heterocycles. The molecule has 3 atom stereocenters. The minimum Gasteiger partial charge on any atom is -0.320 e. The fourth-order valence-corrected chi connectivity index (χ4v) is 2.11. The Morgan fingerprint density at radius 2 is 2.22 bits per heavy atom. The van der Waals surface area contributed by atoms with Crippen molar-refractivity contribution in [3.63, 3.8) is 0 Å². The number of rotatable bonds is 1. The second-order valence-electron chi connectivity index (χ2n) is 3.84. The van der Waals surface area contributed by atoms with Crippen molar-refractivity contribution >= 4 is 6.71 Å². The van der Waals surface area contributed by atoms with Gasteiger partial charge in [-0.2, -0.15) is 0 Å². The summed E-state index contributed by atoms with van der Waals surface area (Å²) in [6.45, 7) is 6.78. The van der Waals surface area contributed by atoms with E-state index in [4.69, 9.17) is 0 Å². The van der Waals surface area contributed by atoms with Crippen molar-refractivity contribution in [2.75, 3.05) is 6.54 Å². The van der Waals surface area contributed by atoms with Crippen LogP contribution in [0.5, 0.6) is 0 Å². The van der Waals surface area contributed by atoms with E-state index in [-0.39, 0.29) is 0 Å². The van der Waals surface area contributed by atoms with Gasteiger partial charge in [-0.1, -0.05) is 13.6 Å². The molecule has 0 aromatic rings. The summed E-state index contributed by atoms with van der Waals surface area (Å²) in [6.07, 6.45) is 1.51. The Balaban J connectivity index is 1.98. The number of hydrogen-bond acceptors (Lipinski definition) is 1. The Bertz CT molecular complexity index is 124. The van der Waals surface area contributed by atoms with Gasteiger partial charge >= 0.3 is 0 Å². The summed E-state index contributed by atoms with van der Waals surface area (Å²) in [5.74, 6) is 2.98. The monoisotopic (exact) mass is 123 g/mol. The van der Waals surface area contributed by atoms with Gasteiger partial charge in [0, 0.05) is 0 Å². The van der Waals surface area contributed by atoms with Crippen LogP contribution in [0.2, 0.25) is 13.6 Å². The highest BCUT2D eigenvalue weighted by molar-refractivity contribution is 6.57. The second-order valence-corrected chi connectivity index (χ2v) is 3.84. The van der Waals surface area contributed by atoms with Gasteiger partial charge in [0.15, 0.2) is 6.71 Å². The van der Waals surface area contributed by atoms with Gasteiger partial charge in [-0.15, -0.1) is 0 Å². The molecule has 1 aliphatic heterocycles. The second kappa shape index (κ2) is 1.75. The van der Waals surface area contributed by atoms with Crippen molar-refractivity contribution < 1.29 is 0 Å². The molecule has 1 aliphatic carbocycles. The van der Waals surface area contributed by atoms with Gasteiger partial charge in [-0.25, -0.2) is 0 Å². The largest absolute Gasteiger partial charge is 0.320 e. The zero-order chi connectivity index (χ0) is 6.43. The highest BCUT2D eigenvalue weighted by Crippen LogP contribution is 2.45. The molecule has 0 amide bonds. The maximum Gasteiger partial charge on any atom is 0.154 e. The van der Waals surface area contributed by atoms with Crippen LogP contribution in [0.3, 0.4) is 0 Å². The summed E-state index contributed by atoms with van der Waals surface area (Å²) in [4.78, 5) is 0. The Kier molecular flexibility index (Phi) is 1.13. The van der Waals surface area contributed by atoms with E-state index in [1.54, 1.807) is 0 Å². The fraction of sp³-hybridized carbons (Fsp3) is 1.00. The van der Waals surface area contributed by atoms with Crippen molar-refractivity contribution in [3.8, 4) is 0 Å². The highest BCUT2D eigenvalue weighted by atomic mass is 15.0. The number of hydrogen-bond donors (Lipinski definition) is 1. The van der Waals surface area contributed by atoms with Crippen LogP contribution in [0.4, 0.5) is 0 Å². The third-order valence-corrected chi connectivity index (χ3v) is 2.77. The maximum atomic E-state index is 3.56. The molecule has 1 N–H and O–H groups in total. The molecule has 1 nitrogen and oxygen atoms in total. The molecule has 2 heteroatoms. The quantitative estimate of drug-likeness (QED) is 0.510. The van der Waals surface area contributed by atoms with E-state index in [1.165, 1.54) is 13.0 Å². The molecule has 1 heterocycles. The van der Waals surface area contributed by atoms with E-state index < -0.39 is 0 Å². The van der Waals surface area contributed by atoms with Gasteiger partial charge in [-0.05, 0) is 30.7 Å². The van der Waals surface area contributed by atoms with Crippen LogP contribution in [-0.2, 0) is 0 Å². The summed E-state index contributed by atoms with van der Waals surface area (Å²) in [5.41, 5.74) is 0. The van der Waals surface area contributed by atoms with E-state index >= 15 is 0 Å². The summed E-state index contributed by atoms with van der Waals surface area (Å²) >= 11 is 0. The van der Waals surface area contributed by atoms with E-state index in [0.29, 0.717) is 0 Å². The van der Waals surface area contributed by atoms with Gasteiger partial charge in [0.25, 0.3) is 0 Å². The van der Waals surface area contributed by atoms with Gasteiger partial charge in [-0.3, -0.25) is 0 Å². The molecule has 0 spiro atoms. The van der Waals surface area contributed by atoms with Crippen molar-refractivity contribution in [2.45, 2.75) is 26.0 Å². The van der Waals surface area contributed by atoms with E-state index in [2.05, 4.69) is 19.0 Å². The molecular formula is C7H14BN. The summed E-state index contributed by atoms with van der Waals surface area (Å²) in [7, 11) is 0. The molecule has 0 bridgehead atoms. The zero-order valence-electron chi connectivity index (χ0n) is 6.22. The molecule has 50 valence electrons. The minimum absolute atomic E-state index is 0.850. The van der Waals surface area contributed by atoms with Gasteiger partial charge in [0.2, 0.25) is 0 Å². The molecule has 3 unspecified atom stereocenters. The molecule has 2 rings (SSSR count). The van der Waals surface area contributed by atoms with Crippen LogP contribution in [-0.4, -0.2) is 19.2 Å². The summed E-state index contributed by atoms with van der Waals surface area (Å²) < 4.78 is 0. The average molecular weight is 123 g/mol. The number of fused-ring (bicyclic) bond motifs is 1. The van der Waals surface area contributed by atoms with Crippen LogP contribution in [0.1, 0.15) is 6.42 Å². The van der Waals surface area contributed by atoms with Gasteiger partial charge in [0.05, 0.1) is 0 Å². The van der Waals surface area contributed by atoms with Crippen molar-refractivity contribution in [1.82, 2.24) is 5.32 Å². The van der Waals surface area contributed by atoms with Crippen LogP contribution in [0.15, 0.2) is 0 Å². The van der Waals surface area contributed by atoms with Crippen molar-refractivity contribution in [2.24, 2.45) is 11.8 Å². The molecule has 9 heavy (non-hydrogen) atoms. The Morgan fingerprint density at radius 1 is 1.44 bits per heavy atom. The predicted molar refractivity (Wildman–Crippen MR) is 40.9 cm³/mol. The lowest BCUT2D eigenvalue weighted by Crippen LogP contribution is -2.37. The average Bonchev–Trinajstić information content (AvgIpc) is 2.43. The van der Waals surface area contributed by atoms with E-state index in [0.717, 1.165) is 24.5 Å². The van der Waals surface area contributed by atoms with Crippen LogP contribution in [0, 0.1) is 11.8 Å². The highest BCUT2D eigenvalue weighted by Gasteiger charge is 2.48. The number of nitrogens with one attached hydrogen (secondary N) is 1. The Hall–Kier alpha value is 0.0249. The predicted octanol–water partition coefficient (Wildman–Crippen LogP) is 0.888. The molecule has 1 saturated carbocycles. The first kappa shape index (κ1) is 5.78. The smallest absolute Gasteiger partial charge is 0.154 e. The van der Waals surface area contributed by atoms with E-state index in [1.807, 2.05) is 0 Å². The summed E-state index contributed by atoms with van der Waals surface area (Å²) in [6, 6.07) is 0. The van der Waals surface area contributed by atoms with Gasteiger partial charge in [0.1, 0.15) is 0 Å². The molecule has 2 fully saturated rings. The third kappa shape index (κ3) is 0.805. The maximum absolute atomic E-state index is 3.56. The summed E-state index contributed by atoms with van der Waals surface area (Å²) in [5, 5.41) is 3.56. The standard InChI is InChI=1S/C7H14BN/c1-8(2)7-6-3-5(6)4-9-7/h5-7,9H,3-4H2,1-2H3. The van der Waals surface area contributed by atoms with Crippen LogP contribution in [0.25, 0.3) is 0 Å². The van der Waals surface area contributed by atoms with E-state index in [9.17, 15) is 0 Å². The van der Waals surface area contributed by atoms with Crippen LogP contribution >= 0.6 is 0 Å². The molecule has 0 radical (unpaired) electrons. The first-order chi connectivity index (χ1) is 4.29. The number of piperidine rings is 1. The molecule has 2 aliphatic rings. The minimum atomic E-state index is 0.850. The topological polar surface area (TPSA) is 12.0 Å². The zero-order valence-corrected chi connectivity index (χ0v) is 6.22. The first-order valence-electron chi connectivity index (χ1n) is 4.02. The van der Waals surface area contributed by atoms with Crippen LogP contribution < -0.4 is 5.32 Å². The lowest BCUT2D eigenvalue weighted by molar-refractivity contribution is 0.668. The van der Waals surface area contributed by atoms with Crippen molar-refractivity contribution in [1.29, 1.82) is 0 Å². The first-order valence-corrected chi connectivity index (χ1v) is 4.02. The fourth-order valence-electron chi connectivity index (χ4n) is 2.11. The Morgan fingerprint density at radius 3 is 2.44 bits per heavy atom. The molecular weight excluding hydrogens is 109 g/mol. The lowest BCUT2D eigenvalue weighted by Gasteiger charge is -2.13. The Labute approximate surface area is 57.3 Å². The third-order valence-electron chi connectivity index (χ3n) is 2.77. The lowest BCUT2D eigenvalue weighted by atomic mass is 9.47. The van der Waals surface area contributed by atoms with Crippen molar-refractivity contribution in [3.05, 3.63) is 0 Å². The van der Waals surface area contributed by atoms with Gasteiger partial charge < -0.3 is 5.32 Å². The molecule has 0 aromatic carbocycles. The normalized spacial score (nSPS) is 46.7.